The Morgan fingerprint density at radius 1 is 1.17 bits per heavy atom. The van der Waals surface area contributed by atoms with Crippen LogP contribution in [-0.4, -0.2) is 51.5 Å². The summed E-state index contributed by atoms with van der Waals surface area (Å²) in [5.41, 5.74) is 3.21. The fourth-order valence-electron chi connectivity index (χ4n) is 4.22. The molecule has 8 nitrogen and oxygen atoms in total. The second-order valence-electron chi connectivity index (χ2n) is 7.54. The van der Waals surface area contributed by atoms with E-state index >= 15 is 0 Å². The van der Waals surface area contributed by atoms with Gasteiger partial charge in [0.25, 0.3) is 5.91 Å². The second-order valence-corrected chi connectivity index (χ2v) is 7.54. The molecular weight excluding hydrogens is 378 g/mol. The van der Waals surface area contributed by atoms with Crippen LogP contribution >= 0.6 is 0 Å². The van der Waals surface area contributed by atoms with Gasteiger partial charge in [-0.2, -0.15) is 4.98 Å². The van der Waals surface area contributed by atoms with E-state index in [1.807, 2.05) is 30.0 Å². The Morgan fingerprint density at radius 3 is 2.90 bits per heavy atom. The molecule has 3 aromatic heterocycles. The highest BCUT2D eigenvalue weighted by Crippen LogP contribution is 2.34. The summed E-state index contributed by atoms with van der Waals surface area (Å²) in [5, 5.41) is 3.15. The van der Waals surface area contributed by atoms with Crippen molar-refractivity contribution in [1.29, 1.82) is 0 Å². The number of anilines is 3. The van der Waals surface area contributed by atoms with E-state index in [0.29, 0.717) is 18.1 Å². The van der Waals surface area contributed by atoms with Crippen molar-refractivity contribution in [3.63, 3.8) is 0 Å². The van der Waals surface area contributed by atoms with Gasteiger partial charge in [0, 0.05) is 61.6 Å². The maximum atomic E-state index is 13.5. The number of pyridine rings is 2. The number of nitrogens with zero attached hydrogens (tertiary/aromatic N) is 6. The molecule has 1 atom stereocenters. The van der Waals surface area contributed by atoms with Gasteiger partial charge in [-0.1, -0.05) is 6.07 Å². The van der Waals surface area contributed by atoms with Crippen LogP contribution in [0.25, 0.3) is 11.1 Å². The molecule has 0 aliphatic carbocycles. The highest BCUT2D eigenvalue weighted by atomic mass is 16.2. The van der Waals surface area contributed by atoms with Crippen molar-refractivity contribution < 1.29 is 4.79 Å². The van der Waals surface area contributed by atoms with E-state index in [9.17, 15) is 4.79 Å². The van der Waals surface area contributed by atoms with Crippen LogP contribution in [0.5, 0.6) is 0 Å². The highest BCUT2D eigenvalue weighted by molar-refractivity contribution is 6.10. The number of rotatable bonds is 4. The summed E-state index contributed by atoms with van der Waals surface area (Å²) < 4.78 is 0. The number of fused-ring (bicyclic) bond motifs is 3. The number of carbonyl (C=O) groups excluding carboxylic acids is 1. The minimum atomic E-state index is -0.0902. The number of hydrogen-bond donors (Lipinski definition) is 1. The Balaban J connectivity index is 1.56. The summed E-state index contributed by atoms with van der Waals surface area (Å²) in [6.07, 6.45) is 10.8. The van der Waals surface area contributed by atoms with Crippen LogP contribution in [0, 0.1) is 0 Å². The summed E-state index contributed by atoms with van der Waals surface area (Å²) >= 11 is 0. The Morgan fingerprint density at radius 2 is 2.07 bits per heavy atom. The van der Waals surface area contributed by atoms with Gasteiger partial charge < -0.3 is 15.1 Å². The first kappa shape index (κ1) is 18.5. The lowest BCUT2D eigenvalue weighted by molar-refractivity contribution is 0.0988. The van der Waals surface area contributed by atoms with Crippen molar-refractivity contribution in [3.05, 3.63) is 54.7 Å². The van der Waals surface area contributed by atoms with Gasteiger partial charge in [-0.05, 0) is 31.9 Å². The Hall–Kier alpha value is -3.55. The van der Waals surface area contributed by atoms with E-state index in [1.54, 1.807) is 31.0 Å². The standard InChI is InChI=1S/C22H23N7O/c1-2-25-22-26-13-19-20(27-22)28-8-4-6-17(28)14-29(21(19)30)18-9-16(11-24-12-18)15-5-3-7-23-10-15/h3,5,7,9-13,17H,2,4,6,8,14H2,1H3,(H,25,26,27)/t17-/m0/s1. The number of amides is 1. The van der Waals surface area contributed by atoms with E-state index in [0.717, 1.165) is 48.6 Å². The number of aromatic nitrogens is 4. The average molecular weight is 401 g/mol. The largest absolute Gasteiger partial charge is 0.354 e. The molecule has 5 rings (SSSR count). The van der Waals surface area contributed by atoms with Crippen molar-refractivity contribution in [2.45, 2.75) is 25.8 Å². The lowest BCUT2D eigenvalue weighted by Crippen LogP contribution is -2.39. The molecule has 1 saturated heterocycles. The lowest BCUT2D eigenvalue weighted by Gasteiger charge is -2.27. The Bertz CT molecular complexity index is 1070. The van der Waals surface area contributed by atoms with Crippen LogP contribution in [0.3, 0.4) is 0 Å². The van der Waals surface area contributed by atoms with Crippen molar-refractivity contribution in [1.82, 2.24) is 19.9 Å². The predicted molar refractivity (Wildman–Crippen MR) is 116 cm³/mol. The quantitative estimate of drug-likeness (QED) is 0.719. The van der Waals surface area contributed by atoms with E-state index in [-0.39, 0.29) is 11.9 Å². The summed E-state index contributed by atoms with van der Waals surface area (Å²) in [5.74, 6) is 1.20. The molecule has 3 aromatic rings. The highest BCUT2D eigenvalue weighted by Gasteiger charge is 2.37. The molecule has 8 heteroatoms. The predicted octanol–water partition coefficient (Wildman–Crippen LogP) is 2.99. The first-order valence-corrected chi connectivity index (χ1v) is 10.3. The molecule has 5 heterocycles. The monoisotopic (exact) mass is 401 g/mol. The molecule has 0 unspecified atom stereocenters. The van der Waals surface area contributed by atoms with E-state index in [2.05, 4.69) is 30.2 Å². The number of carbonyl (C=O) groups is 1. The van der Waals surface area contributed by atoms with Crippen LogP contribution in [-0.2, 0) is 0 Å². The molecule has 0 aromatic carbocycles. The molecule has 1 N–H and O–H groups in total. The van der Waals surface area contributed by atoms with Gasteiger partial charge in [0.2, 0.25) is 5.95 Å². The SMILES string of the molecule is CCNc1ncc2c(n1)N1CCC[C@H]1CN(c1cncc(-c3cccnc3)c1)C2=O. The zero-order valence-electron chi connectivity index (χ0n) is 16.8. The minimum absolute atomic E-state index is 0.0902. The van der Waals surface area contributed by atoms with E-state index < -0.39 is 0 Å². The molecule has 1 fully saturated rings. The summed E-state index contributed by atoms with van der Waals surface area (Å²) in [6.45, 7) is 4.23. The molecular formula is C22H23N7O. The van der Waals surface area contributed by atoms with E-state index in [1.165, 1.54) is 0 Å². The maximum Gasteiger partial charge on any atom is 0.263 e. The maximum absolute atomic E-state index is 13.5. The second kappa shape index (κ2) is 7.70. The Kier molecular flexibility index (Phi) is 4.74. The fourth-order valence-corrected chi connectivity index (χ4v) is 4.22. The van der Waals surface area contributed by atoms with Gasteiger partial charge in [-0.25, -0.2) is 4.98 Å². The van der Waals surface area contributed by atoms with Crippen LogP contribution in [0.2, 0.25) is 0 Å². The Labute approximate surface area is 175 Å². The lowest BCUT2D eigenvalue weighted by atomic mass is 10.1. The van der Waals surface area contributed by atoms with Gasteiger partial charge in [-0.3, -0.25) is 14.8 Å². The van der Waals surface area contributed by atoms with Gasteiger partial charge >= 0.3 is 0 Å². The molecule has 2 aliphatic rings. The molecule has 0 spiro atoms. The molecule has 30 heavy (non-hydrogen) atoms. The summed E-state index contributed by atoms with van der Waals surface area (Å²) in [7, 11) is 0. The molecule has 0 saturated carbocycles. The summed E-state index contributed by atoms with van der Waals surface area (Å²) in [6, 6.07) is 6.11. The number of hydrogen-bond acceptors (Lipinski definition) is 7. The third-order valence-electron chi connectivity index (χ3n) is 5.65. The number of nitrogens with one attached hydrogen (secondary N) is 1. The smallest absolute Gasteiger partial charge is 0.263 e. The topological polar surface area (TPSA) is 87.1 Å². The van der Waals surface area contributed by atoms with Crippen LogP contribution in [0.4, 0.5) is 17.5 Å². The first-order chi connectivity index (χ1) is 14.7. The zero-order chi connectivity index (χ0) is 20.5. The van der Waals surface area contributed by atoms with Crippen molar-refractivity contribution in [2.24, 2.45) is 0 Å². The van der Waals surface area contributed by atoms with Crippen LogP contribution in [0.1, 0.15) is 30.1 Å². The minimum Gasteiger partial charge on any atom is -0.354 e. The molecule has 0 radical (unpaired) electrons. The van der Waals surface area contributed by atoms with E-state index in [4.69, 9.17) is 0 Å². The fraction of sp³-hybridized carbons (Fsp3) is 0.318. The van der Waals surface area contributed by atoms with Gasteiger partial charge in [0.1, 0.15) is 11.4 Å². The molecule has 0 bridgehead atoms. The van der Waals surface area contributed by atoms with Crippen molar-refractivity contribution in [3.8, 4) is 11.1 Å². The third kappa shape index (κ3) is 3.24. The van der Waals surface area contributed by atoms with Crippen LogP contribution in [0.15, 0.2) is 49.2 Å². The van der Waals surface area contributed by atoms with Gasteiger partial charge in [0.15, 0.2) is 0 Å². The van der Waals surface area contributed by atoms with Gasteiger partial charge in [0.05, 0.1) is 11.9 Å². The normalized spacial score (nSPS) is 18.0. The third-order valence-corrected chi connectivity index (χ3v) is 5.65. The van der Waals surface area contributed by atoms with Crippen molar-refractivity contribution in [2.75, 3.05) is 34.8 Å². The van der Waals surface area contributed by atoms with Gasteiger partial charge in [-0.15, -0.1) is 0 Å². The summed E-state index contributed by atoms with van der Waals surface area (Å²) in [4.78, 5) is 35.3. The zero-order valence-corrected chi connectivity index (χ0v) is 16.8. The first-order valence-electron chi connectivity index (χ1n) is 10.3. The molecule has 2 aliphatic heterocycles. The molecule has 1 amide bonds. The van der Waals surface area contributed by atoms with Crippen molar-refractivity contribution >= 4 is 23.4 Å². The average Bonchev–Trinajstić information content (AvgIpc) is 3.22. The van der Waals surface area contributed by atoms with Crippen LogP contribution < -0.4 is 15.1 Å². The molecule has 152 valence electrons.